The molecule has 0 bridgehead atoms. The molecule has 0 saturated carbocycles. The summed E-state index contributed by atoms with van der Waals surface area (Å²) < 4.78 is 4.91. The van der Waals surface area contributed by atoms with Crippen molar-refractivity contribution in [2.45, 2.75) is 38.4 Å². The Morgan fingerprint density at radius 2 is 2.24 bits per heavy atom. The van der Waals surface area contributed by atoms with E-state index in [0.717, 1.165) is 37.8 Å². The van der Waals surface area contributed by atoms with Gasteiger partial charge in [0.05, 0.1) is 6.61 Å². The molecule has 7 heteroatoms. The molecule has 1 fully saturated rings. The molecule has 5 nitrogen and oxygen atoms in total. The largest absolute Gasteiger partial charge is 0.466 e. The van der Waals surface area contributed by atoms with E-state index in [-0.39, 0.29) is 29.9 Å². The number of carbonyl (C=O) groups excluding carboxylic acids is 1. The van der Waals surface area contributed by atoms with E-state index in [0.29, 0.717) is 18.3 Å². The molecular formula is C14H28IN3O2S. The van der Waals surface area contributed by atoms with Crippen LogP contribution in [0.25, 0.3) is 0 Å². The van der Waals surface area contributed by atoms with Crippen LogP contribution in [-0.2, 0) is 9.53 Å². The molecule has 0 aromatic rings. The lowest BCUT2D eigenvalue weighted by molar-refractivity contribution is -0.143. The van der Waals surface area contributed by atoms with Gasteiger partial charge in [-0.15, -0.1) is 24.0 Å². The Morgan fingerprint density at radius 1 is 1.48 bits per heavy atom. The second-order valence-electron chi connectivity index (χ2n) is 4.73. The lowest BCUT2D eigenvalue weighted by Gasteiger charge is -2.34. The maximum Gasteiger partial charge on any atom is 0.305 e. The van der Waals surface area contributed by atoms with E-state index in [9.17, 15) is 4.79 Å². The molecule has 1 heterocycles. The molecule has 0 aliphatic carbocycles. The standard InChI is InChI=1S/C14H27N3O2S.HI/c1-4-12-11-17(9-10-20-12)14(15-3)16-8-6-7-13(18)19-5-2;/h12H,4-11H2,1-3H3,(H,15,16);1H. The van der Waals surface area contributed by atoms with Gasteiger partial charge < -0.3 is 15.0 Å². The summed E-state index contributed by atoms with van der Waals surface area (Å²) in [5, 5.41) is 4.04. The van der Waals surface area contributed by atoms with Crippen LogP contribution in [0.3, 0.4) is 0 Å². The Bertz CT molecular complexity index is 329. The second kappa shape index (κ2) is 12.4. The summed E-state index contributed by atoms with van der Waals surface area (Å²) in [4.78, 5) is 17.9. The maximum atomic E-state index is 11.2. The maximum absolute atomic E-state index is 11.2. The topological polar surface area (TPSA) is 53.9 Å². The first-order valence-electron chi connectivity index (χ1n) is 7.44. The van der Waals surface area contributed by atoms with E-state index in [1.54, 1.807) is 0 Å². The van der Waals surface area contributed by atoms with Crippen LogP contribution in [0.1, 0.15) is 33.1 Å². The Balaban J connectivity index is 0.00000400. The Kier molecular flexibility index (Phi) is 12.3. The van der Waals surface area contributed by atoms with E-state index in [1.165, 1.54) is 6.42 Å². The first-order valence-corrected chi connectivity index (χ1v) is 8.48. The van der Waals surface area contributed by atoms with Crippen molar-refractivity contribution in [2.24, 2.45) is 4.99 Å². The molecule has 0 aromatic carbocycles. The molecule has 21 heavy (non-hydrogen) atoms. The van der Waals surface area contributed by atoms with Crippen LogP contribution in [0.4, 0.5) is 0 Å². The van der Waals surface area contributed by atoms with Gasteiger partial charge in [0.1, 0.15) is 0 Å². The average molecular weight is 429 g/mol. The van der Waals surface area contributed by atoms with Gasteiger partial charge >= 0.3 is 5.97 Å². The third-order valence-electron chi connectivity index (χ3n) is 3.25. The molecule has 1 atom stereocenters. The number of nitrogens with zero attached hydrogens (tertiary/aromatic N) is 2. The SMILES string of the molecule is CCOC(=O)CCCNC(=NC)N1CCSC(CC)C1.I. The molecule has 1 saturated heterocycles. The number of ether oxygens (including phenoxy) is 1. The summed E-state index contributed by atoms with van der Waals surface area (Å²) in [5.41, 5.74) is 0. The van der Waals surface area contributed by atoms with Crippen LogP contribution >= 0.6 is 35.7 Å². The van der Waals surface area contributed by atoms with Gasteiger partial charge in [0.2, 0.25) is 0 Å². The van der Waals surface area contributed by atoms with Crippen molar-refractivity contribution in [1.29, 1.82) is 0 Å². The highest BCUT2D eigenvalue weighted by Gasteiger charge is 2.21. The summed E-state index contributed by atoms with van der Waals surface area (Å²) in [7, 11) is 1.82. The first kappa shape index (κ1) is 20.8. The first-order chi connectivity index (χ1) is 9.71. The van der Waals surface area contributed by atoms with Crippen LogP contribution in [0, 0.1) is 0 Å². The van der Waals surface area contributed by atoms with Crippen LogP contribution in [0.15, 0.2) is 4.99 Å². The molecule has 0 aromatic heterocycles. The fourth-order valence-corrected chi connectivity index (χ4v) is 3.34. The lowest BCUT2D eigenvalue weighted by atomic mass is 10.3. The number of guanidine groups is 1. The van der Waals surface area contributed by atoms with E-state index >= 15 is 0 Å². The molecule has 1 rings (SSSR count). The van der Waals surface area contributed by atoms with Gasteiger partial charge in [0.15, 0.2) is 5.96 Å². The summed E-state index contributed by atoms with van der Waals surface area (Å²) in [6.07, 6.45) is 2.43. The molecule has 0 radical (unpaired) electrons. The Labute approximate surface area is 149 Å². The number of thioether (sulfide) groups is 1. The second-order valence-corrected chi connectivity index (χ2v) is 6.14. The molecule has 124 valence electrons. The molecule has 0 spiro atoms. The van der Waals surface area contributed by atoms with E-state index in [2.05, 4.69) is 22.1 Å². The minimum Gasteiger partial charge on any atom is -0.466 e. The van der Waals surface area contributed by atoms with Gasteiger partial charge in [0, 0.05) is 44.1 Å². The predicted molar refractivity (Wildman–Crippen MR) is 101 cm³/mol. The minimum atomic E-state index is -0.121. The fourth-order valence-electron chi connectivity index (χ4n) is 2.16. The zero-order valence-corrected chi connectivity index (χ0v) is 16.4. The van der Waals surface area contributed by atoms with Gasteiger partial charge in [0.25, 0.3) is 0 Å². The summed E-state index contributed by atoms with van der Waals surface area (Å²) in [5.74, 6) is 1.99. The number of carbonyl (C=O) groups is 1. The number of aliphatic imine (C=N–C) groups is 1. The van der Waals surface area contributed by atoms with Crippen molar-refractivity contribution in [1.82, 2.24) is 10.2 Å². The molecule has 1 N–H and O–H groups in total. The van der Waals surface area contributed by atoms with Crippen molar-refractivity contribution >= 4 is 47.7 Å². The van der Waals surface area contributed by atoms with Crippen molar-refractivity contribution in [2.75, 3.05) is 39.0 Å². The van der Waals surface area contributed by atoms with E-state index in [1.807, 2.05) is 25.7 Å². The average Bonchev–Trinajstić information content (AvgIpc) is 2.47. The third kappa shape index (κ3) is 8.13. The highest BCUT2D eigenvalue weighted by Crippen LogP contribution is 2.20. The smallest absolute Gasteiger partial charge is 0.305 e. The Morgan fingerprint density at radius 3 is 2.86 bits per heavy atom. The number of rotatable bonds is 6. The number of esters is 1. The zero-order chi connectivity index (χ0) is 14.8. The minimum absolute atomic E-state index is 0. The van der Waals surface area contributed by atoms with Gasteiger partial charge in [-0.3, -0.25) is 9.79 Å². The highest BCUT2D eigenvalue weighted by molar-refractivity contribution is 14.0. The van der Waals surface area contributed by atoms with Gasteiger partial charge in [-0.2, -0.15) is 11.8 Å². The third-order valence-corrected chi connectivity index (χ3v) is 4.62. The van der Waals surface area contributed by atoms with Crippen molar-refractivity contribution < 1.29 is 9.53 Å². The van der Waals surface area contributed by atoms with Crippen molar-refractivity contribution in [3.8, 4) is 0 Å². The summed E-state index contributed by atoms with van der Waals surface area (Å²) in [6, 6.07) is 0. The van der Waals surface area contributed by atoms with Crippen molar-refractivity contribution in [3.63, 3.8) is 0 Å². The number of hydrogen-bond acceptors (Lipinski definition) is 4. The van der Waals surface area contributed by atoms with Crippen LogP contribution in [-0.4, -0.2) is 61.1 Å². The van der Waals surface area contributed by atoms with Crippen LogP contribution in [0.5, 0.6) is 0 Å². The van der Waals surface area contributed by atoms with Crippen molar-refractivity contribution in [3.05, 3.63) is 0 Å². The normalized spacial score (nSPS) is 18.9. The van der Waals surface area contributed by atoms with E-state index in [4.69, 9.17) is 4.74 Å². The zero-order valence-electron chi connectivity index (χ0n) is 13.3. The molecule has 1 aliphatic heterocycles. The molecular weight excluding hydrogens is 401 g/mol. The fraction of sp³-hybridized carbons (Fsp3) is 0.857. The number of nitrogens with one attached hydrogen (secondary N) is 1. The van der Waals surface area contributed by atoms with Crippen LogP contribution < -0.4 is 5.32 Å². The number of hydrogen-bond donors (Lipinski definition) is 1. The summed E-state index contributed by atoms with van der Waals surface area (Å²) >= 11 is 2.05. The molecule has 1 aliphatic rings. The highest BCUT2D eigenvalue weighted by atomic mass is 127. The lowest BCUT2D eigenvalue weighted by Crippen LogP contribution is -2.48. The number of halogens is 1. The van der Waals surface area contributed by atoms with Crippen LogP contribution in [0.2, 0.25) is 0 Å². The summed E-state index contributed by atoms with van der Waals surface area (Å²) in [6.45, 7) is 7.37. The molecule has 0 amide bonds. The monoisotopic (exact) mass is 429 g/mol. The van der Waals surface area contributed by atoms with Gasteiger partial charge in [-0.1, -0.05) is 6.92 Å². The van der Waals surface area contributed by atoms with E-state index < -0.39 is 0 Å². The predicted octanol–water partition coefficient (Wildman–Crippen LogP) is 2.35. The van der Waals surface area contributed by atoms with Gasteiger partial charge in [-0.05, 0) is 19.8 Å². The Hall–Kier alpha value is -0.180. The molecule has 1 unspecified atom stereocenters. The quantitative estimate of drug-likeness (QED) is 0.231. The van der Waals surface area contributed by atoms with Gasteiger partial charge in [-0.25, -0.2) is 0 Å².